The van der Waals surface area contributed by atoms with Crippen LogP contribution in [-0.2, 0) is 14.4 Å². The maximum atomic E-state index is 13.1. The first-order chi connectivity index (χ1) is 10.1. The van der Waals surface area contributed by atoms with Crippen LogP contribution in [0.2, 0.25) is 0 Å². The highest BCUT2D eigenvalue weighted by molar-refractivity contribution is 6.05. The highest BCUT2D eigenvalue weighted by atomic mass is 19.1. The van der Waals surface area contributed by atoms with E-state index in [2.05, 4.69) is 0 Å². The molecule has 0 aromatic heterocycles. The second-order valence-electron chi connectivity index (χ2n) is 6.25. The lowest BCUT2D eigenvalue weighted by Crippen LogP contribution is -2.53. The van der Waals surface area contributed by atoms with E-state index < -0.39 is 29.2 Å². The molecule has 5 heteroatoms. The van der Waals surface area contributed by atoms with Crippen LogP contribution in [0.3, 0.4) is 0 Å². The highest BCUT2D eigenvalue weighted by Gasteiger charge is 2.53. The smallest absolute Gasteiger partial charge is 0.146 e. The Morgan fingerprint density at radius 3 is 2.18 bits per heavy atom. The topological polar surface area (TPSA) is 71.4 Å². The molecule has 1 aliphatic rings. The van der Waals surface area contributed by atoms with Crippen molar-refractivity contribution in [3.8, 4) is 0 Å². The largest absolute Gasteiger partial charge is 0.389 e. The Morgan fingerprint density at radius 2 is 1.73 bits per heavy atom. The lowest BCUT2D eigenvalue weighted by molar-refractivity contribution is -0.151. The fraction of sp³-hybridized carbons (Fsp3) is 0.471. The molecule has 1 aromatic carbocycles. The van der Waals surface area contributed by atoms with Gasteiger partial charge in [-0.3, -0.25) is 14.4 Å². The quantitative estimate of drug-likeness (QED) is 0.868. The van der Waals surface area contributed by atoms with E-state index in [4.69, 9.17) is 0 Å². The van der Waals surface area contributed by atoms with Crippen LogP contribution in [0.1, 0.15) is 38.7 Å². The van der Waals surface area contributed by atoms with Crippen molar-refractivity contribution in [1.29, 1.82) is 0 Å². The van der Waals surface area contributed by atoms with Crippen LogP contribution < -0.4 is 0 Å². The van der Waals surface area contributed by atoms with Gasteiger partial charge in [-0.15, -0.1) is 0 Å². The molecule has 22 heavy (non-hydrogen) atoms. The van der Waals surface area contributed by atoms with Gasteiger partial charge in [0.1, 0.15) is 23.2 Å². The van der Waals surface area contributed by atoms with E-state index in [1.54, 1.807) is 0 Å². The standard InChI is InChI=1S/C17H19FO4/c1-9(19)14-13(21)8-17(3,22)16(10(2)20)15(14)11-4-6-12(18)7-5-11/h4-7,14-16,22H,8H2,1-3H3/t14-,15+,16+,17+/m0/s1. The average molecular weight is 306 g/mol. The van der Waals surface area contributed by atoms with Crippen molar-refractivity contribution >= 4 is 17.3 Å². The van der Waals surface area contributed by atoms with Gasteiger partial charge in [-0.25, -0.2) is 4.39 Å². The van der Waals surface area contributed by atoms with Gasteiger partial charge in [0.25, 0.3) is 0 Å². The number of halogens is 1. The fourth-order valence-electron chi connectivity index (χ4n) is 3.59. The van der Waals surface area contributed by atoms with Crippen LogP contribution >= 0.6 is 0 Å². The SMILES string of the molecule is CC(=O)[C@H]1C(=O)C[C@@](C)(O)[C@H](C(C)=O)[C@@H]1c1ccc(F)cc1. The van der Waals surface area contributed by atoms with Gasteiger partial charge >= 0.3 is 0 Å². The number of ketones is 3. The first-order valence-electron chi connectivity index (χ1n) is 7.16. The zero-order chi connectivity index (χ0) is 16.7. The van der Waals surface area contributed by atoms with Gasteiger partial charge < -0.3 is 5.11 Å². The van der Waals surface area contributed by atoms with Crippen LogP contribution in [-0.4, -0.2) is 28.1 Å². The van der Waals surface area contributed by atoms with E-state index >= 15 is 0 Å². The van der Waals surface area contributed by atoms with Crippen molar-refractivity contribution < 1.29 is 23.9 Å². The van der Waals surface area contributed by atoms with Gasteiger partial charge in [-0.2, -0.15) is 0 Å². The summed E-state index contributed by atoms with van der Waals surface area (Å²) in [6.07, 6.45) is -0.237. The molecule has 0 aliphatic heterocycles. The molecule has 1 aromatic rings. The Labute approximate surface area is 128 Å². The molecule has 0 amide bonds. The number of rotatable bonds is 3. The predicted octanol–water partition coefficient (Wildman–Crippen LogP) is 2.04. The van der Waals surface area contributed by atoms with E-state index in [0.29, 0.717) is 5.56 Å². The van der Waals surface area contributed by atoms with E-state index in [9.17, 15) is 23.9 Å². The normalized spacial score (nSPS) is 31.9. The van der Waals surface area contributed by atoms with Crippen LogP contribution in [0.5, 0.6) is 0 Å². The zero-order valence-corrected chi connectivity index (χ0v) is 12.8. The maximum Gasteiger partial charge on any atom is 0.146 e. The Kier molecular flexibility index (Phi) is 4.29. The van der Waals surface area contributed by atoms with E-state index in [1.807, 2.05) is 0 Å². The van der Waals surface area contributed by atoms with E-state index in [1.165, 1.54) is 45.0 Å². The molecule has 1 fully saturated rings. The molecule has 0 spiro atoms. The van der Waals surface area contributed by atoms with Crippen LogP contribution in [0, 0.1) is 17.7 Å². The number of hydrogen-bond acceptors (Lipinski definition) is 4. The minimum atomic E-state index is -1.52. The molecular formula is C17H19FO4. The lowest BCUT2D eigenvalue weighted by atomic mass is 9.60. The summed E-state index contributed by atoms with van der Waals surface area (Å²) in [6, 6.07) is 5.36. The van der Waals surface area contributed by atoms with Crippen molar-refractivity contribution in [2.45, 2.75) is 38.7 Å². The van der Waals surface area contributed by atoms with Gasteiger partial charge in [0.15, 0.2) is 0 Å². The van der Waals surface area contributed by atoms with Gasteiger partial charge in [0.2, 0.25) is 0 Å². The molecule has 1 aliphatic carbocycles. The monoisotopic (exact) mass is 306 g/mol. The molecular weight excluding hydrogens is 287 g/mol. The molecule has 2 rings (SSSR count). The minimum Gasteiger partial charge on any atom is -0.389 e. The molecule has 1 N–H and O–H groups in total. The van der Waals surface area contributed by atoms with Crippen molar-refractivity contribution in [3.05, 3.63) is 35.6 Å². The van der Waals surface area contributed by atoms with Gasteiger partial charge in [0.05, 0.1) is 17.4 Å². The molecule has 118 valence electrons. The molecule has 4 atom stereocenters. The maximum absolute atomic E-state index is 13.1. The van der Waals surface area contributed by atoms with E-state index in [0.717, 1.165) is 0 Å². The summed E-state index contributed by atoms with van der Waals surface area (Å²) in [5.74, 6) is -4.11. The molecule has 0 radical (unpaired) electrons. The summed E-state index contributed by atoms with van der Waals surface area (Å²) in [6.45, 7) is 4.07. The molecule has 4 nitrogen and oxygen atoms in total. The number of carbonyl (C=O) groups is 3. The molecule has 0 heterocycles. The third-order valence-electron chi connectivity index (χ3n) is 4.40. The summed E-state index contributed by atoms with van der Waals surface area (Å²) in [5, 5.41) is 10.5. The first-order valence-corrected chi connectivity index (χ1v) is 7.16. The van der Waals surface area contributed by atoms with Crippen molar-refractivity contribution in [2.75, 3.05) is 0 Å². The summed E-state index contributed by atoms with van der Waals surface area (Å²) in [5.41, 5.74) is -1.01. The first kappa shape index (κ1) is 16.5. The van der Waals surface area contributed by atoms with Gasteiger partial charge in [-0.1, -0.05) is 12.1 Å². The number of carbonyl (C=O) groups excluding carboxylic acids is 3. The van der Waals surface area contributed by atoms with Gasteiger partial charge in [0, 0.05) is 12.3 Å². The Bertz CT molecular complexity index is 618. The Balaban J connectivity index is 2.61. The lowest BCUT2D eigenvalue weighted by Gasteiger charge is -2.44. The highest BCUT2D eigenvalue weighted by Crippen LogP contribution is 2.46. The van der Waals surface area contributed by atoms with Crippen LogP contribution in [0.25, 0.3) is 0 Å². The molecule has 0 unspecified atom stereocenters. The third kappa shape index (κ3) is 2.86. The van der Waals surface area contributed by atoms with Crippen molar-refractivity contribution in [2.24, 2.45) is 11.8 Å². The summed E-state index contributed by atoms with van der Waals surface area (Å²) in [4.78, 5) is 36.3. The second-order valence-corrected chi connectivity index (χ2v) is 6.25. The summed E-state index contributed by atoms with van der Waals surface area (Å²) >= 11 is 0. The van der Waals surface area contributed by atoms with Crippen LogP contribution in [0.4, 0.5) is 4.39 Å². The van der Waals surface area contributed by atoms with Crippen molar-refractivity contribution in [1.82, 2.24) is 0 Å². The molecule has 0 saturated heterocycles. The van der Waals surface area contributed by atoms with Crippen LogP contribution in [0.15, 0.2) is 24.3 Å². The number of aliphatic hydroxyl groups is 1. The van der Waals surface area contributed by atoms with Gasteiger partial charge in [-0.05, 0) is 38.5 Å². The van der Waals surface area contributed by atoms with E-state index in [-0.39, 0.29) is 23.8 Å². The molecule has 1 saturated carbocycles. The average Bonchev–Trinajstić information content (AvgIpc) is 2.36. The zero-order valence-electron chi connectivity index (χ0n) is 12.8. The van der Waals surface area contributed by atoms with Crippen molar-refractivity contribution in [3.63, 3.8) is 0 Å². The summed E-state index contributed by atoms with van der Waals surface area (Å²) in [7, 11) is 0. The number of Topliss-reactive ketones (excluding diaryl/α,β-unsaturated/α-hetero) is 3. The second kappa shape index (κ2) is 5.72. The summed E-state index contributed by atoms with van der Waals surface area (Å²) < 4.78 is 13.1. The number of hydrogen-bond donors (Lipinski definition) is 1. The Hall–Kier alpha value is -1.88. The third-order valence-corrected chi connectivity index (χ3v) is 4.40. The minimum absolute atomic E-state index is 0.237. The molecule has 0 bridgehead atoms. The number of benzene rings is 1. The fourth-order valence-corrected chi connectivity index (χ4v) is 3.59. The Morgan fingerprint density at radius 1 is 1.18 bits per heavy atom. The predicted molar refractivity (Wildman–Crippen MR) is 77.7 cm³/mol.